The standard InChI is InChI=1S/C11H18N4O2/c1-11(6-13-7-11)17-5-10(16)14-3-2-9-4-12-8-15-9/h4,8,13H,2-3,5-7H2,1H3,(H,12,15)(H,14,16). The first-order valence-corrected chi connectivity index (χ1v) is 5.77. The summed E-state index contributed by atoms with van der Waals surface area (Å²) in [6.07, 6.45) is 4.14. The molecule has 1 amide bonds. The zero-order valence-corrected chi connectivity index (χ0v) is 9.95. The molecule has 6 heteroatoms. The van der Waals surface area contributed by atoms with Gasteiger partial charge in [0.05, 0.1) is 11.9 Å². The van der Waals surface area contributed by atoms with Crippen LogP contribution in [0.5, 0.6) is 0 Å². The summed E-state index contributed by atoms with van der Waals surface area (Å²) >= 11 is 0. The van der Waals surface area contributed by atoms with Crippen molar-refractivity contribution >= 4 is 5.91 Å². The number of hydrogen-bond donors (Lipinski definition) is 3. The molecule has 0 aromatic carbocycles. The molecule has 0 unspecified atom stereocenters. The van der Waals surface area contributed by atoms with Crippen LogP contribution in [-0.2, 0) is 16.0 Å². The van der Waals surface area contributed by atoms with Crippen LogP contribution in [0.15, 0.2) is 12.5 Å². The molecular formula is C11H18N4O2. The van der Waals surface area contributed by atoms with E-state index in [1.807, 2.05) is 6.92 Å². The van der Waals surface area contributed by atoms with Crippen molar-refractivity contribution < 1.29 is 9.53 Å². The molecule has 2 heterocycles. The number of amides is 1. The molecule has 0 aliphatic carbocycles. The molecule has 0 saturated carbocycles. The molecule has 2 rings (SSSR count). The Morgan fingerprint density at radius 2 is 2.47 bits per heavy atom. The van der Waals surface area contributed by atoms with Crippen LogP contribution in [0.25, 0.3) is 0 Å². The van der Waals surface area contributed by atoms with Crippen LogP contribution in [-0.4, -0.2) is 47.7 Å². The molecule has 1 aliphatic rings. The van der Waals surface area contributed by atoms with Crippen molar-refractivity contribution in [2.45, 2.75) is 18.9 Å². The van der Waals surface area contributed by atoms with E-state index in [9.17, 15) is 4.79 Å². The number of imidazole rings is 1. The van der Waals surface area contributed by atoms with Crippen LogP contribution >= 0.6 is 0 Å². The number of carbonyl (C=O) groups is 1. The van der Waals surface area contributed by atoms with Crippen LogP contribution in [0.1, 0.15) is 12.6 Å². The molecule has 1 aromatic rings. The smallest absolute Gasteiger partial charge is 0.246 e. The van der Waals surface area contributed by atoms with Crippen molar-refractivity contribution in [3.8, 4) is 0 Å². The molecule has 1 saturated heterocycles. The Balaban J connectivity index is 1.58. The van der Waals surface area contributed by atoms with E-state index in [0.29, 0.717) is 6.54 Å². The molecule has 17 heavy (non-hydrogen) atoms. The Kier molecular flexibility index (Phi) is 3.75. The molecule has 0 atom stereocenters. The first kappa shape index (κ1) is 12.1. The van der Waals surface area contributed by atoms with Gasteiger partial charge in [-0.3, -0.25) is 4.79 Å². The maximum Gasteiger partial charge on any atom is 0.246 e. The van der Waals surface area contributed by atoms with E-state index in [1.165, 1.54) is 0 Å². The van der Waals surface area contributed by atoms with Crippen LogP contribution in [0, 0.1) is 0 Å². The van der Waals surface area contributed by atoms with E-state index in [2.05, 4.69) is 20.6 Å². The fourth-order valence-electron chi connectivity index (χ4n) is 1.63. The minimum Gasteiger partial charge on any atom is -0.363 e. The van der Waals surface area contributed by atoms with E-state index >= 15 is 0 Å². The van der Waals surface area contributed by atoms with E-state index in [4.69, 9.17) is 4.74 Å². The normalized spacial score (nSPS) is 17.5. The monoisotopic (exact) mass is 238 g/mol. The third-order valence-corrected chi connectivity index (χ3v) is 2.82. The van der Waals surface area contributed by atoms with Crippen LogP contribution < -0.4 is 10.6 Å². The number of aromatic nitrogens is 2. The summed E-state index contributed by atoms with van der Waals surface area (Å²) in [6.45, 7) is 4.35. The van der Waals surface area contributed by atoms with Gasteiger partial charge in [0.2, 0.25) is 5.91 Å². The number of carbonyl (C=O) groups excluding carboxylic acids is 1. The van der Waals surface area contributed by atoms with Crippen molar-refractivity contribution in [1.29, 1.82) is 0 Å². The van der Waals surface area contributed by atoms with E-state index in [1.54, 1.807) is 12.5 Å². The maximum absolute atomic E-state index is 11.5. The molecule has 1 aliphatic heterocycles. The van der Waals surface area contributed by atoms with Gasteiger partial charge >= 0.3 is 0 Å². The Labute approximate surface area is 100 Å². The topological polar surface area (TPSA) is 79.0 Å². The van der Waals surface area contributed by atoms with Gasteiger partial charge in [-0.05, 0) is 6.92 Å². The number of nitrogens with zero attached hydrogens (tertiary/aromatic N) is 1. The fraction of sp³-hybridized carbons (Fsp3) is 0.636. The summed E-state index contributed by atoms with van der Waals surface area (Å²) in [7, 11) is 0. The van der Waals surface area contributed by atoms with Crippen LogP contribution in [0.4, 0.5) is 0 Å². The second kappa shape index (κ2) is 5.29. The molecule has 0 radical (unpaired) electrons. The van der Waals surface area contributed by atoms with Crippen LogP contribution in [0.2, 0.25) is 0 Å². The lowest BCUT2D eigenvalue weighted by Crippen LogP contribution is -2.59. The highest BCUT2D eigenvalue weighted by molar-refractivity contribution is 5.77. The average molecular weight is 238 g/mol. The Morgan fingerprint density at radius 3 is 3.06 bits per heavy atom. The number of H-pyrrole nitrogens is 1. The Bertz CT molecular complexity index is 360. The highest BCUT2D eigenvalue weighted by Gasteiger charge is 2.32. The maximum atomic E-state index is 11.5. The fourth-order valence-corrected chi connectivity index (χ4v) is 1.63. The molecule has 0 spiro atoms. The third-order valence-electron chi connectivity index (χ3n) is 2.82. The lowest BCUT2D eigenvalue weighted by atomic mass is 10.0. The lowest BCUT2D eigenvalue weighted by Gasteiger charge is -2.38. The molecule has 0 bridgehead atoms. The SMILES string of the molecule is CC1(OCC(=O)NCCc2cnc[nH]2)CNC1. The lowest BCUT2D eigenvalue weighted by molar-refractivity contribution is -0.135. The molecule has 1 aromatic heterocycles. The first-order chi connectivity index (χ1) is 8.18. The van der Waals surface area contributed by atoms with Gasteiger partial charge in [0.15, 0.2) is 0 Å². The zero-order chi connectivity index (χ0) is 12.1. The van der Waals surface area contributed by atoms with E-state index < -0.39 is 0 Å². The van der Waals surface area contributed by atoms with Gasteiger partial charge < -0.3 is 20.4 Å². The number of nitrogens with one attached hydrogen (secondary N) is 3. The second-order valence-corrected chi connectivity index (χ2v) is 4.52. The summed E-state index contributed by atoms with van der Waals surface area (Å²) in [5, 5.41) is 5.93. The van der Waals surface area contributed by atoms with E-state index in [-0.39, 0.29) is 18.1 Å². The average Bonchev–Trinajstić information content (AvgIpc) is 2.77. The number of rotatable bonds is 6. The van der Waals surface area contributed by atoms with Gasteiger partial charge in [-0.1, -0.05) is 0 Å². The Hall–Kier alpha value is -1.40. The van der Waals surface area contributed by atoms with Gasteiger partial charge in [-0.15, -0.1) is 0 Å². The predicted molar refractivity (Wildman–Crippen MR) is 62.5 cm³/mol. The molecule has 1 fully saturated rings. The summed E-state index contributed by atoms with van der Waals surface area (Å²) in [4.78, 5) is 18.4. The summed E-state index contributed by atoms with van der Waals surface area (Å²) < 4.78 is 5.52. The summed E-state index contributed by atoms with van der Waals surface area (Å²) in [5.41, 5.74) is 0.849. The predicted octanol–water partition coefficient (Wildman–Crippen LogP) is -0.553. The second-order valence-electron chi connectivity index (χ2n) is 4.52. The van der Waals surface area contributed by atoms with Crippen molar-refractivity contribution in [1.82, 2.24) is 20.6 Å². The van der Waals surface area contributed by atoms with Gasteiger partial charge in [0.1, 0.15) is 6.61 Å². The third kappa shape index (κ3) is 3.54. The highest BCUT2D eigenvalue weighted by atomic mass is 16.5. The highest BCUT2D eigenvalue weighted by Crippen LogP contribution is 2.14. The number of aromatic amines is 1. The van der Waals surface area contributed by atoms with Gasteiger partial charge in [0.25, 0.3) is 0 Å². The molecule has 3 N–H and O–H groups in total. The van der Waals surface area contributed by atoms with Crippen molar-refractivity contribution in [3.05, 3.63) is 18.2 Å². The van der Waals surface area contributed by atoms with Crippen molar-refractivity contribution in [2.24, 2.45) is 0 Å². The number of ether oxygens (including phenoxy) is 1. The molecule has 94 valence electrons. The van der Waals surface area contributed by atoms with Gasteiger partial charge in [-0.2, -0.15) is 0 Å². The van der Waals surface area contributed by atoms with Gasteiger partial charge in [0, 0.05) is 37.9 Å². The largest absolute Gasteiger partial charge is 0.363 e. The minimum absolute atomic E-state index is 0.0716. The summed E-state index contributed by atoms with van der Waals surface area (Å²) in [5.74, 6) is -0.0716. The Morgan fingerprint density at radius 1 is 1.65 bits per heavy atom. The van der Waals surface area contributed by atoms with Crippen molar-refractivity contribution in [3.63, 3.8) is 0 Å². The van der Waals surface area contributed by atoms with Crippen LogP contribution in [0.3, 0.4) is 0 Å². The van der Waals surface area contributed by atoms with E-state index in [0.717, 1.165) is 25.2 Å². The van der Waals surface area contributed by atoms with Crippen molar-refractivity contribution in [2.75, 3.05) is 26.2 Å². The molecular weight excluding hydrogens is 220 g/mol. The minimum atomic E-state index is -0.166. The number of hydrogen-bond acceptors (Lipinski definition) is 4. The van der Waals surface area contributed by atoms with Gasteiger partial charge in [-0.25, -0.2) is 4.98 Å². The summed E-state index contributed by atoms with van der Waals surface area (Å²) in [6, 6.07) is 0. The molecule has 6 nitrogen and oxygen atoms in total. The first-order valence-electron chi connectivity index (χ1n) is 5.77. The zero-order valence-electron chi connectivity index (χ0n) is 9.95. The quantitative estimate of drug-likeness (QED) is 0.621.